The Bertz CT molecular complexity index is 369. The molecule has 1 aromatic heterocycles. The van der Waals surface area contributed by atoms with Crippen molar-refractivity contribution in [1.82, 2.24) is 9.78 Å². The first-order valence-electron chi connectivity index (χ1n) is 7.31. The average molecular weight is 252 g/mol. The highest BCUT2D eigenvalue weighted by molar-refractivity contribution is 5.28. The van der Waals surface area contributed by atoms with Crippen LogP contribution in [0, 0.1) is 5.92 Å². The summed E-state index contributed by atoms with van der Waals surface area (Å²) < 4.78 is 2.13. The molecule has 1 aromatic rings. The molecule has 0 aromatic carbocycles. The third-order valence-electron chi connectivity index (χ3n) is 3.53. The van der Waals surface area contributed by atoms with Gasteiger partial charge in [0.1, 0.15) is 0 Å². The zero-order chi connectivity index (χ0) is 13.7. The van der Waals surface area contributed by atoms with Gasteiger partial charge in [-0.1, -0.05) is 34.1 Å². The molecule has 0 spiro atoms. The maximum absolute atomic E-state index is 9.95. The van der Waals surface area contributed by atoms with Crippen LogP contribution in [0.2, 0.25) is 0 Å². The van der Waals surface area contributed by atoms with Crippen molar-refractivity contribution in [3.05, 3.63) is 17.0 Å². The Morgan fingerprint density at radius 1 is 1.17 bits per heavy atom. The summed E-state index contributed by atoms with van der Waals surface area (Å²) in [6.45, 7) is 11.6. The fourth-order valence-electron chi connectivity index (χ4n) is 2.71. The number of rotatable bonds is 7. The molecular weight excluding hydrogens is 224 g/mol. The molecule has 0 fully saturated rings. The van der Waals surface area contributed by atoms with Crippen LogP contribution >= 0.6 is 0 Å². The molecule has 0 saturated carbocycles. The van der Waals surface area contributed by atoms with E-state index < -0.39 is 6.10 Å². The van der Waals surface area contributed by atoms with E-state index >= 15 is 0 Å². The second-order valence-corrected chi connectivity index (χ2v) is 5.27. The van der Waals surface area contributed by atoms with E-state index in [1.165, 1.54) is 18.5 Å². The van der Waals surface area contributed by atoms with E-state index in [4.69, 9.17) is 5.10 Å². The van der Waals surface area contributed by atoms with Crippen molar-refractivity contribution in [2.24, 2.45) is 5.92 Å². The first-order valence-corrected chi connectivity index (χ1v) is 7.31. The van der Waals surface area contributed by atoms with Crippen molar-refractivity contribution in [3.8, 4) is 0 Å². The zero-order valence-corrected chi connectivity index (χ0v) is 12.5. The minimum absolute atomic E-state index is 0.412. The molecule has 1 heterocycles. The Kier molecular flexibility index (Phi) is 5.86. The standard InChI is InChI=1S/C15H28N2O/c1-6-9-11(4)10-17-14(8-3)15(12(5)18)13(7-2)16-17/h11-12,18H,6-10H2,1-5H3. The predicted molar refractivity (Wildman–Crippen MR) is 75.7 cm³/mol. The molecule has 2 atom stereocenters. The van der Waals surface area contributed by atoms with E-state index in [1.807, 2.05) is 6.92 Å². The lowest BCUT2D eigenvalue weighted by molar-refractivity contribution is 0.197. The quantitative estimate of drug-likeness (QED) is 0.806. The Morgan fingerprint density at radius 3 is 2.28 bits per heavy atom. The van der Waals surface area contributed by atoms with Crippen LogP contribution in [0.3, 0.4) is 0 Å². The minimum atomic E-state index is -0.412. The van der Waals surface area contributed by atoms with E-state index in [2.05, 4.69) is 32.4 Å². The number of nitrogens with zero attached hydrogens (tertiary/aromatic N) is 2. The molecule has 1 rings (SSSR count). The lowest BCUT2D eigenvalue weighted by Gasteiger charge is -2.13. The lowest BCUT2D eigenvalue weighted by atomic mass is 10.0. The van der Waals surface area contributed by atoms with Crippen LogP contribution in [-0.2, 0) is 19.4 Å². The van der Waals surface area contributed by atoms with Gasteiger partial charge in [0.05, 0.1) is 11.8 Å². The summed E-state index contributed by atoms with van der Waals surface area (Å²) in [7, 11) is 0. The summed E-state index contributed by atoms with van der Waals surface area (Å²) in [5.74, 6) is 0.645. The van der Waals surface area contributed by atoms with Gasteiger partial charge in [-0.15, -0.1) is 0 Å². The molecule has 3 nitrogen and oxygen atoms in total. The Balaban J connectivity index is 3.04. The topological polar surface area (TPSA) is 38.0 Å². The number of hydrogen-bond donors (Lipinski definition) is 1. The highest BCUT2D eigenvalue weighted by atomic mass is 16.3. The van der Waals surface area contributed by atoms with Gasteiger partial charge in [-0.2, -0.15) is 5.10 Å². The Labute approximate surface area is 111 Å². The summed E-state index contributed by atoms with van der Waals surface area (Å²) in [4.78, 5) is 0. The number of aromatic nitrogens is 2. The molecule has 104 valence electrons. The third-order valence-corrected chi connectivity index (χ3v) is 3.53. The van der Waals surface area contributed by atoms with Crippen molar-refractivity contribution < 1.29 is 5.11 Å². The van der Waals surface area contributed by atoms with Gasteiger partial charge >= 0.3 is 0 Å². The third kappa shape index (κ3) is 3.35. The van der Waals surface area contributed by atoms with Gasteiger partial charge in [-0.3, -0.25) is 4.68 Å². The number of aryl methyl sites for hydroxylation is 1. The number of hydrogen-bond acceptors (Lipinski definition) is 2. The van der Waals surface area contributed by atoms with Crippen molar-refractivity contribution in [3.63, 3.8) is 0 Å². The van der Waals surface area contributed by atoms with Crippen LogP contribution in [0.4, 0.5) is 0 Å². The first kappa shape index (κ1) is 15.2. The zero-order valence-electron chi connectivity index (χ0n) is 12.5. The van der Waals surface area contributed by atoms with Gasteiger partial charge in [0, 0.05) is 17.8 Å². The fourth-order valence-corrected chi connectivity index (χ4v) is 2.71. The largest absolute Gasteiger partial charge is 0.389 e. The number of aliphatic hydroxyl groups is 1. The molecule has 0 aliphatic rings. The van der Waals surface area contributed by atoms with Crippen LogP contribution in [0.15, 0.2) is 0 Å². The molecule has 1 N–H and O–H groups in total. The molecule has 18 heavy (non-hydrogen) atoms. The van der Waals surface area contributed by atoms with Gasteiger partial charge < -0.3 is 5.11 Å². The van der Waals surface area contributed by atoms with Crippen molar-refractivity contribution in [1.29, 1.82) is 0 Å². The van der Waals surface area contributed by atoms with Gasteiger partial charge in [0.15, 0.2) is 0 Å². The molecular formula is C15H28N2O. The lowest BCUT2D eigenvalue weighted by Crippen LogP contribution is -2.12. The van der Waals surface area contributed by atoms with E-state index in [-0.39, 0.29) is 0 Å². The second kappa shape index (κ2) is 6.93. The predicted octanol–water partition coefficient (Wildman–Crippen LogP) is 3.50. The fraction of sp³-hybridized carbons (Fsp3) is 0.800. The van der Waals surface area contributed by atoms with Gasteiger partial charge in [0.25, 0.3) is 0 Å². The van der Waals surface area contributed by atoms with Gasteiger partial charge in [0.2, 0.25) is 0 Å². The monoisotopic (exact) mass is 252 g/mol. The average Bonchev–Trinajstić information content (AvgIpc) is 2.66. The summed E-state index contributed by atoms with van der Waals surface area (Å²) in [5.41, 5.74) is 3.33. The smallest absolute Gasteiger partial charge is 0.0798 e. The SMILES string of the molecule is CCCC(C)Cn1nc(CC)c(C(C)O)c1CC. The maximum Gasteiger partial charge on any atom is 0.0798 e. The minimum Gasteiger partial charge on any atom is -0.389 e. The van der Waals surface area contributed by atoms with Crippen LogP contribution in [-0.4, -0.2) is 14.9 Å². The Morgan fingerprint density at radius 2 is 1.83 bits per heavy atom. The molecule has 0 saturated heterocycles. The molecule has 0 amide bonds. The summed E-state index contributed by atoms with van der Waals surface area (Å²) in [6.07, 6.45) is 3.86. The molecule has 0 radical (unpaired) electrons. The summed E-state index contributed by atoms with van der Waals surface area (Å²) >= 11 is 0. The van der Waals surface area contributed by atoms with Gasteiger partial charge in [-0.05, 0) is 32.1 Å². The Hall–Kier alpha value is -0.830. The van der Waals surface area contributed by atoms with Crippen molar-refractivity contribution in [2.75, 3.05) is 0 Å². The highest BCUT2D eigenvalue weighted by Crippen LogP contribution is 2.24. The summed E-state index contributed by atoms with van der Waals surface area (Å²) in [5, 5.41) is 14.6. The van der Waals surface area contributed by atoms with E-state index in [1.54, 1.807) is 0 Å². The van der Waals surface area contributed by atoms with Crippen molar-refractivity contribution >= 4 is 0 Å². The summed E-state index contributed by atoms with van der Waals surface area (Å²) in [6, 6.07) is 0. The van der Waals surface area contributed by atoms with E-state index in [0.717, 1.165) is 30.6 Å². The highest BCUT2D eigenvalue weighted by Gasteiger charge is 2.19. The van der Waals surface area contributed by atoms with Crippen molar-refractivity contribution in [2.45, 2.75) is 73.0 Å². The second-order valence-electron chi connectivity index (χ2n) is 5.27. The molecule has 2 unspecified atom stereocenters. The van der Waals surface area contributed by atoms with Crippen LogP contribution in [0.5, 0.6) is 0 Å². The van der Waals surface area contributed by atoms with Gasteiger partial charge in [-0.25, -0.2) is 0 Å². The molecule has 0 aliphatic heterocycles. The van der Waals surface area contributed by atoms with Crippen LogP contribution < -0.4 is 0 Å². The van der Waals surface area contributed by atoms with Crippen LogP contribution in [0.25, 0.3) is 0 Å². The number of aliphatic hydroxyl groups excluding tert-OH is 1. The van der Waals surface area contributed by atoms with Crippen LogP contribution in [0.1, 0.15) is 70.5 Å². The normalized spacial score (nSPS) is 14.8. The maximum atomic E-state index is 9.95. The molecule has 0 bridgehead atoms. The molecule has 0 aliphatic carbocycles. The van der Waals surface area contributed by atoms with E-state index in [9.17, 15) is 5.11 Å². The first-order chi connectivity index (χ1) is 8.54. The molecule has 3 heteroatoms. The van der Waals surface area contributed by atoms with E-state index in [0.29, 0.717) is 5.92 Å².